The van der Waals surface area contributed by atoms with Gasteiger partial charge in [-0.3, -0.25) is 9.69 Å². The average molecular weight is 366 g/mol. The van der Waals surface area contributed by atoms with Crippen LogP contribution in [0.5, 0.6) is 0 Å². The lowest BCUT2D eigenvalue weighted by Gasteiger charge is -2.38. The van der Waals surface area contributed by atoms with E-state index in [-0.39, 0.29) is 11.7 Å². The van der Waals surface area contributed by atoms with E-state index in [0.29, 0.717) is 37.3 Å². The standard InChI is InChI=1S/C21H23FN4O/c1-24(2)20(18-5-3-4-6-19(18)22)21(27)26-13-11-25(12-14-26)17-9-7-16(15-23)8-10-17/h3-10,20H,11-14H2,1-2H3/t20-/m1/s1. The minimum Gasteiger partial charge on any atom is -0.368 e. The topological polar surface area (TPSA) is 50.6 Å². The number of piperazine rings is 1. The van der Waals surface area contributed by atoms with Crippen molar-refractivity contribution < 1.29 is 9.18 Å². The van der Waals surface area contributed by atoms with Gasteiger partial charge in [0.15, 0.2) is 0 Å². The summed E-state index contributed by atoms with van der Waals surface area (Å²) in [6.07, 6.45) is 0. The van der Waals surface area contributed by atoms with Gasteiger partial charge in [-0.25, -0.2) is 4.39 Å². The normalized spacial score (nSPS) is 15.5. The smallest absolute Gasteiger partial charge is 0.244 e. The zero-order valence-corrected chi connectivity index (χ0v) is 15.6. The van der Waals surface area contributed by atoms with Gasteiger partial charge >= 0.3 is 0 Å². The van der Waals surface area contributed by atoms with Gasteiger partial charge in [0.1, 0.15) is 11.9 Å². The van der Waals surface area contributed by atoms with Crippen molar-refractivity contribution in [1.82, 2.24) is 9.80 Å². The lowest BCUT2D eigenvalue weighted by Crippen LogP contribution is -2.51. The molecule has 5 nitrogen and oxygen atoms in total. The first-order valence-corrected chi connectivity index (χ1v) is 8.96. The number of nitrogens with zero attached hydrogens (tertiary/aromatic N) is 4. The molecule has 0 spiro atoms. The number of nitriles is 1. The van der Waals surface area contributed by atoms with E-state index in [1.54, 1.807) is 54.2 Å². The zero-order chi connectivity index (χ0) is 19.4. The molecule has 1 aliphatic rings. The Hall–Kier alpha value is -2.91. The minimum absolute atomic E-state index is 0.0791. The van der Waals surface area contributed by atoms with Crippen LogP contribution in [-0.4, -0.2) is 56.0 Å². The molecule has 0 aliphatic carbocycles. The molecule has 1 saturated heterocycles. The van der Waals surface area contributed by atoms with E-state index in [1.807, 2.05) is 12.1 Å². The number of likely N-dealkylation sites (N-methyl/N-ethyl adjacent to an activating group) is 1. The quantitative estimate of drug-likeness (QED) is 0.835. The SMILES string of the molecule is CN(C)[C@@H](C(=O)N1CCN(c2ccc(C#N)cc2)CC1)c1ccccc1F. The van der Waals surface area contributed by atoms with Gasteiger partial charge in [0.2, 0.25) is 5.91 Å². The number of carbonyl (C=O) groups excluding carboxylic acids is 1. The van der Waals surface area contributed by atoms with Crippen molar-refractivity contribution in [1.29, 1.82) is 5.26 Å². The molecule has 2 aromatic carbocycles. The summed E-state index contributed by atoms with van der Waals surface area (Å²) in [6.45, 7) is 2.57. The fraction of sp³-hybridized carbons (Fsp3) is 0.333. The van der Waals surface area contributed by atoms with Crippen molar-refractivity contribution >= 4 is 11.6 Å². The van der Waals surface area contributed by atoms with Crippen LogP contribution in [0.4, 0.5) is 10.1 Å². The molecule has 0 saturated carbocycles. The molecule has 1 fully saturated rings. The molecule has 0 unspecified atom stereocenters. The predicted octanol–water partition coefficient (Wildman–Crippen LogP) is 2.65. The number of halogens is 1. The Morgan fingerprint density at radius 3 is 2.26 bits per heavy atom. The Kier molecular flexibility index (Phi) is 5.72. The molecule has 3 rings (SSSR count). The number of benzene rings is 2. The number of carbonyl (C=O) groups is 1. The Balaban J connectivity index is 1.69. The predicted molar refractivity (Wildman–Crippen MR) is 103 cm³/mol. The van der Waals surface area contributed by atoms with Crippen LogP contribution in [0.15, 0.2) is 48.5 Å². The van der Waals surface area contributed by atoms with Gasteiger partial charge in [0, 0.05) is 37.4 Å². The Labute approximate surface area is 159 Å². The van der Waals surface area contributed by atoms with Crippen LogP contribution in [0.1, 0.15) is 17.2 Å². The van der Waals surface area contributed by atoms with Gasteiger partial charge in [-0.1, -0.05) is 18.2 Å². The summed E-state index contributed by atoms with van der Waals surface area (Å²) in [6, 6.07) is 15.4. The molecule has 1 atom stereocenters. The molecule has 1 aliphatic heterocycles. The van der Waals surface area contributed by atoms with Crippen LogP contribution >= 0.6 is 0 Å². The molecule has 1 amide bonds. The largest absolute Gasteiger partial charge is 0.368 e. The van der Waals surface area contributed by atoms with Crippen molar-refractivity contribution in [3.8, 4) is 6.07 Å². The van der Waals surface area contributed by atoms with E-state index < -0.39 is 6.04 Å². The first kappa shape index (κ1) is 18.9. The summed E-state index contributed by atoms with van der Waals surface area (Å²) in [5.41, 5.74) is 2.08. The molecular formula is C21H23FN4O. The van der Waals surface area contributed by atoms with Crippen molar-refractivity contribution in [2.75, 3.05) is 45.2 Å². The average Bonchev–Trinajstić information content (AvgIpc) is 2.69. The minimum atomic E-state index is -0.632. The molecule has 0 aromatic heterocycles. The first-order chi connectivity index (χ1) is 13.0. The van der Waals surface area contributed by atoms with E-state index in [1.165, 1.54) is 6.07 Å². The van der Waals surface area contributed by atoms with Gasteiger partial charge in [0.25, 0.3) is 0 Å². The summed E-state index contributed by atoms with van der Waals surface area (Å²) in [7, 11) is 3.59. The van der Waals surface area contributed by atoms with Gasteiger partial charge < -0.3 is 9.80 Å². The maximum absolute atomic E-state index is 14.2. The van der Waals surface area contributed by atoms with Crippen LogP contribution in [-0.2, 0) is 4.79 Å². The summed E-state index contributed by atoms with van der Waals surface area (Å²) >= 11 is 0. The second-order valence-corrected chi connectivity index (χ2v) is 6.86. The second-order valence-electron chi connectivity index (χ2n) is 6.86. The third-order valence-corrected chi connectivity index (χ3v) is 4.90. The van der Waals surface area contributed by atoms with Crippen LogP contribution < -0.4 is 4.90 Å². The number of anilines is 1. The summed E-state index contributed by atoms with van der Waals surface area (Å²) < 4.78 is 14.2. The van der Waals surface area contributed by atoms with Gasteiger partial charge in [0.05, 0.1) is 11.6 Å². The first-order valence-electron chi connectivity index (χ1n) is 8.96. The molecule has 0 N–H and O–H groups in total. The maximum Gasteiger partial charge on any atom is 0.244 e. The van der Waals surface area contributed by atoms with Crippen molar-refractivity contribution in [3.05, 3.63) is 65.5 Å². The van der Waals surface area contributed by atoms with E-state index in [2.05, 4.69) is 11.0 Å². The zero-order valence-electron chi connectivity index (χ0n) is 15.6. The van der Waals surface area contributed by atoms with Crippen LogP contribution in [0, 0.1) is 17.1 Å². The van der Waals surface area contributed by atoms with E-state index in [4.69, 9.17) is 5.26 Å². The fourth-order valence-electron chi connectivity index (χ4n) is 3.43. The molecule has 6 heteroatoms. The Morgan fingerprint density at radius 2 is 1.70 bits per heavy atom. The Morgan fingerprint density at radius 1 is 1.07 bits per heavy atom. The van der Waals surface area contributed by atoms with Crippen LogP contribution in [0.2, 0.25) is 0 Å². The highest BCUT2D eigenvalue weighted by Gasteiger charge is 2.31. The molecule has 1 heterocycles. The number of rotatable bonds is 4. The summed E-state index contributed by atoms with van der Waals surface area (Å²) in [4.78, 5) is 18.8. The summed E-state index contributed by atoms with van der Waals surface area (Å²) in [5.74, 6) is -0.439. The molecule has 2 aromatic rings. The highest BCUT2D eigenvalue weighted by atomic mass is 19.1. The second kappa shape index (κ2) is 8.19. The molecule has 0 bridgehead atoms. The lowest BCUT2D eigenvalue weighted by molar-refractivity contribution is -0.136. The van der Waals surface area contributed by atoms with Gasteiger partial charge in [-0.15, -0.1) is 0 Å². The maximum atomic E-state index is 14.2. The van der Waals surface area contributed by atoms with Crippen LogP contribution in [0.3, 0.4) is 0 Å². The third-order valence-electron chi connectivity index (χ3n) is 4.90. The van der Waals surface area contributed by atoms with E-state index in [0.717, 1.165) is 5.69 Å². The van der Waals surface area contributed by atoms with Crippen molar-refractivity contribution in [2.45, 2.75) is 6.04 Å². The number of amides is 1. The monoisotopic (exact) mass is 366 g/mol. The van der Waals surface area contributed by atoms with Gasteiger partial charge in [-0.05, 0) is 44.4 Å². The van der Waals surface area contributed by atoms with Crippen molar-refractivity contribution in [2.24, 2.45) is 0 Å². The summed E-state index contributed by atoms with van der Waals surface area (Å²) in [5, 5.41) is 8.91. The lowest BCUT2D eigenvalue weighted by atomic mass is 10.0. The number of hydrogen-bond acceptors (Lipinski definition) is 4. The highest BCUT2D eigenvalue weighted by Crippen LogP contribution is 2.25. The molecule has 27 heavy (non-hydrogen) atoms. The van der Waals surface area contributed by atoms with Crippen LogP contribution in [0.25, 0.3) is 0 Å². The van der Waals surface area contributed by atoms with E-state index >= 15 is 0 Å². The number of hydrogen-bond donors (Lipinski definition) is 0. The third kappa shape index (κ3) is 4.09. The van der Waals surface area contributed by atoms with Crippen molar-refractivity contribution in [3.63, 3.8) is 0 Å². The molecule has 0 radical (unpaired) electrons. The highest BCUT2D eigenvalue weighted by molar-refractivity contribution is 5.83. The molecule has 140 valence electrons. The molecular weight excluding hydrogens is 343 g/mol. The fourth-order valence-corrected chi connectivity index (χ4v) is 3.43. The van der Waals surface area contributed by atoms with E-state index in [9.17, 15) is 9.18 Å². The Bertz CT molecular complexity index is 836. The van der Waals surface area contributed by atoms with Gasteiger partial charge in [-0.2, -0.15) is 5.26 Å².